The first kappa shape index (κ1) is 13.0. The van der Waals surface area contributed by atoms with E-state index in [2.05, 4.69) is 26.3 Å². The van der Waals surface area contributed by atoms with Gasteiger partial charge in [-0.3, -0.25) is 4.68 Å². The standard InChI is InChI=1S/C12H12BrF2N3/c1-2-18-7-8(6-17-18)5-16-12-3-9(13)10(14)4-11(12)15/h3-4,6-7,16H,2,5H2,1H3. The molecule has 2 aromatic rings. The minimum Gasteiger partial charge on any atom is -0.378 e. The molecule has 0 aliphatic heterocycles. The fourth-order valence-electron chi connectivity index (χ4n) is 1.53. The van der Waals surface area contributed by atoms with Crippen LogP contribution >= 0.6 is 15.9 Å². The summed E-state index contributed by atoms with van der Waals surface area (Å²) >= 11 is 3.02. The van der Waals surface area contributed by atoms with Crippen LogP contribution in [0, 0.1) is 11.6 Å². The molecule has 0 unspecified atom stereocenters. The van der Waals surface area contributed by atoms with E-state index in [0.29, 0.717) is 6.54 Å². The Labute approximate surface area is 112 Å². The van der Waals surface area contributed by atoms with Gasteiger partial charge in [-0.25, -0.2) is 8.78 Å². The summed E-state index contributed by atoms with van der Waals surface area (Å²) in [5.41, 5.74) is 1.20. The Morgan fingerprint density at radius 3 is 2.78 bits per heavy atom. The van der Waals surface area contributed by atoms with E-state index in [1.54, 1.807) is 10.9 Å². The van der Waals surface area contributed by atoms with Gasteiger partial charge in [0.2, 0.25) is 0 Å². The Morgan fingerprint density at radius 1 is 1.33 bits per heavy atom. The van der Waals surface area contributed by atoms with Gasteiger partial charge in [0.15, 0.2) is 0 Å². The van der Waals surface area contributed by atoms with E-state index < -0.39 is 11.6 Å². The van der Waals surface area contributed by atoms with Crippen molar-refractivity contribution in [2.75, 3.05) is 5.32 Å². The average molecular weight is 316 g/mol. The number of aryl methyl sites for hydroxylation is 1. The zero-order chi connectivity index (χ0) is 13.1. The van der Waals surface area contributed by atoms with Crippen molar-refractivity contribution in [2.45, 2.75) is 20.0 Å². The highest BCUT2D eigenvalue weighted by Crippen LogP contribution is 2.24. The van der Waals surface area contributed by atoms with Gasteiger partial charge >= 0.3 is 0 Å². The quantitative estimate of drug-likeness (QED) is 0.874. The van der Waals surface area contributed by atoms with E-state index in [4.69, 9.17) is 0 Å². The SMILES string of the molecule is CCn1cc(CNc2cc(Br)c(F)cc2F)cn1. The number of halogens is 3. The molecule has 6 heteroatoms. The van der Waals surface area contributed by atoms with Crippen LogP contribution in [0.5, 0.6) is 0 Å². The van der Waals surface area contributed by atoms with E-state index in [0.717, 1.165) is 18.2 Å². The molecule has 0 saturated heterocycles. The van der Waals surface area contributed by atoms with Gasteiger partial charge in [0.25, 0.3) is 0 Å². The summed E-state index contributed by atoms with van der Waals surface area (Å²) in [6.07, 6.45) is 3.59. The molecule has 0 spiro atoms. The molecule has 1 aromatic heterocycles. The molecule has 1 heterocycles. The molecule has 0 fully saturated rings. The maximum absolute atomic E-state index is 13.5. The number of nitrogens with one attached hydrogen (secondary N) is 1. The summed E-state index contributed by atoms with van der Waals surface area (Å²) in [4.78, 5) is 0. The molecule has 96 valence electrons. The summed E-state index contributed by atoms with van der Waals surface area (Å²) < 4.78 is 28.5. The van der Waals surface area contributed by atoms with Crippen LogP contribution in [-0.4, -0.2) is 9.78 Å². The van der Waals surface area contributed by atoms with Crippen molar-refractivity contribution in [1.82, 2.24) is 9.78 Å². The Bertz CT molecular complexity index is 554. The predicted molar refractivity (Wildman–Crippen MR) is 69.3 cm³/mol. The third kappa shape index (κ3) is 2.87. The number of rotatable bonds is 4. The lowest BCUT2D eigenvalue weighted by Crippen LogP contribution is -2.01. The molecule has 0 aliphatic carbocycles. The van der Waals surface area contributed by atoms with Crippen molar-refractivity contribution < 1.29 is 8.78 Å². The third-order valence-electron chi connectivity index (χ3n) is 2.50. The summed E-state index contributed by atoms with van der Waals surface area (Å²) in [6.45, 7) is 3.21. The molecule has 0 saturated carbocycles. The lowest BCUT2D eigenvalue weighted by atomic mass is 10.2. The molecule has 3 nitrogen and oxygen atoms in total. The van der Waals surface area contributed by atoms with Crippen LogP contribution in [0.25, 0.3) is 0 Å². The van der Waals surface area contributed by atoms with Gasteiger partial charge in [0.1, 0.15) is 11.6 Å². The van der Waals surface area contributed by atoms with E-state index in [1.807, 2.05) is 13.1 Å². The minimum atomic E-state index is -0.614. The topological polar surface area (TPSA) is 29.9 Å². The van der Waals surface area contributed by atoms with E-state index in [-0.39, 0.29) is 10.2 Å². The molecule has 1 N–H and O–H groups in total. The highest BCUT2D eigenvalue weighted by Gasteiger charge is 2.08. The summed E-state index contributed by atoms with van der Waals surface area (Å²) in [5.74, 6) is -1.23. The number of hydrogen-bond acceptors (Lipinski definition) is 2. The van der Waals surface area contributed by atoms with Gasteiger partial charge in [-0.1, -0.05) is 0 Å². The molecule has 0 aliphatic rings. The Balaban J connectivity index is 2.08. The minimum absolute atomic E-state index is 0.232. The zero-order valence-corrected chi connectivity index (χ0v) is 11.3. The lowest BCUT2D eigenvalue weighted by molar-refractivity contribution is 0.580. The van der Waals surface area contributed by atoms with Crippen molar-refractivity contribution in [3.05, 3.63) is 46.2 Å². The van der Waals surface area contributed by atoms with Gasteiger partial charge < -0.3 is 5.32 Å². The molecular weight excluding hydrogens is 304 g/mol. The molecule has 2 rings (SSSR count). The Hall–Kier alpha value is -1.43. The molecule has 18 heavy (non-hydrogen) atoms. The molecule has 1 aromatic carbocycles. The lowest BCUT2D eigenvalue weighted by Gasteiger charge is -2.07. The average Bonchev–Trinajstić information content (AvgIpc) is 2.80. The fraction of sp³-hybridized carbons (Fsp3) is 0.250. The first-order chi connectivity index (χ1) is 8.60. The van der Waals surface area contributed by atoms with Crippen LogP contribution in [0.1, 0.15) is 12.5 Å². The van der Waals surface area contributed by atoms with Gasteiger partial charge in [0.05, 0.1) is 16.4 Å². The molecule has 0 radical (unpaired) electrons. The third-order valence-corrected chi connectivity index (χ3v) is 3.11. The number of aromatic nitrogens is 2. The number of hydrogen-bond donors (Lipinski definition) is 1. The zero-order valence-electron chi connectivity index (χ0n) is 9.75. The fourth-order valence-corrected chi connectivity index (χ4v) is 1.87. The Morgan fingerprint density at radius 2 is 2.11 bits per heavy atom. The monoisotopic (exact) mass is 315 g/mol. The highest BCUT2D eigenvalue weighted by atomic mass is 79.9. The van der Waals surface area contributed by atoms with Crippen LogP contribution in [0.15, 0.2) is 29.0 Å². The van der Waals surface area contributed by atoms with Crippen molar-refractivity contribution in [1.29, 1.82) is 0 Å². The normalized spacial score (nSPS) is 10.7. The summed E-state index contributed by atoms with van der Waals surface area (Å²) in [7, 11) is 0. The first-order valence-electron chi connectivity index (χ1n) is 5.50. The first-order valence-corrected chi connectivity index (χ1v) is 6.29. The highest BCUT2D eigenvalue weighted by molar-refractivity contribution is 9.10. The number of benzene rings is 1. The molecular formula is C12H12BrF2N3. The largest absolute Gasteiger partial charge is 0.378 e. The summed E-state index contributed by atoms with van der Waals surface area (Å²) in [6, 6.07) is 2.23. The van der Waals surface area contributed by atoms with Crippen LogP contribution in [0.4, 0.5) is 14.5 Å². The second-order valence-corrected chi connectivity index (χ2v) is 4.66. The van der Waals surface area contributed by atoms with Crippen molar-refractivity contribution in [3.63, 3.8) is 0 Å². The maximum Gasteiger partial charge on any atom is 0.149 e. The van der Waals surface area contributed by atoms with E-state index in [9.17, 15) is 8.78 Å². The maximum atomic E-state index is 13.5. The van der Waals surface area contributed by atoms with Crippen LogP contribution in [-0.2, 0) is 13.1 Å². The Kier molecular flexibility index (Phi) is 3.96. The van der Waals surface area contributed by atoms with Crippen molar-refractivity contribution in [2.24, 2.45) is 0 Å². The van der Waals surface area contributed by atoms with Crippen LogP contribution in [0.2, 0.25) is 0 Å². The number of nitrogens with zero attached hydrogens (tertiary/aromatic N) is 2. The van der Waals surface area contributed by atoms with Crippen molar-refractivity contribution in [3.8, 4) is 0 Å². The van der Waals surface area contributed by atoms with Gasteiger partial charge in [-0.05, 0) is 28.9 Å². The van der Waals surface area contributed by atoms with Crippen molar-refractivity contribution >= 4 is 21.6 Å². The molecule has 0 atom stereocenters. The summed E-state index contributed by atoms with van der Waals surface area (Å²) in [5, 5.41) is 7.02. The second kappa shape index (κ2) is 5.48. The smallest absolute Gasteiger partial charge is 0.149 e. The van der Waals surface area contributed by atoms with E-state index in [1.165, 1.54) is 6.07 Å². The van der Waals surface area contributed by atoms with Crippen LogP contribution < -0.4 is 5.32 Å². The van der Waals surface area contributed by atoms with Gasteiger partial charge in [-0.2, -0.15) is 5.10 Å². The molecule has 0 bridgehead atoms. The number of anilines is 1. The predicted octanol–water partition coefficient (Wildman–Crippen LogP) is 3.56. The molecule has 0 amide bonds. The van der Waals surface area contributed by atoms with Crippen LogP contribution in [0.3, 0.4) is 0 Å². The van der Waals surface area contributed by atoms with E-state index >= 15 is 0 Å². The second-order valence-electron chi connectivity index (χ2n) is 3.80. The van der Waals surface area contributed by atoms with Gasteiger partial charge in [-0.15, -0.1) is 0 Å². The van der Waals surface area contributed by atoms with Gasteiger partial charge in [0, 0.05) is 30.9 Å².